The molecule has 0 radical (unpaired) electrons. The third-order valence-corrected chi connectivity index (χ3v) is 7.62. The predicted octanol–water partition coefficient (Wildman–Crippen LogP) is 5.75. The zero-order chi connectivity index (χ0) is 23.5. The molecule has 3 rings (SSSR count). The molecule has 0 saturated heterocycles. The molecule has 1 amide bonds. The van der Waals surface area contributed by atoms with Gasteiger partial charge in [-0.15, -0.1) is 0 Å². The van der Waals surface area contributed by atoms with E-state index in [9.17, 15) is 13.2 Å². The van der Waals surface area contributed by atoms with E-state index < -0.39 is 15.9 Å². The van der Waals surface area contributed by atoms with Crippen molar-refractivity contribution in [2.75, 3.05) is 11.9 Å². The van der Waals surface area contributed by atoms with Crippen molar-refractivity contribution in [1.82, 2.24) is 4.31 Å². The maximum Gasteiger partial charge on any atom is 0.244 e. The molecule has 0 spiro atoms. The summed E-state index contributed by atoms with van der Waals surface area (Å²) < 4.78 is 28.6. The third-order valence-electron chi connectivity index (χ3n) is 4.94. The summed E-state index contributed by atoms with van der Waals surface area (Å²) in [4.78, 5) is 13.0. The maximum absolute atomic E-state index is 13.7. The number of carbonyl (C=O) groups excluding carboxylic acids is 1. The van der Waals surface area contributed by atoms with E-state index in [0.29, 0.717) is 32.4 Å². The fourth-order valence-corrected chi connectivity index (χ4v) is 5.74. The van der Waals surface area contributed by atoms with Crippen molar-refractivity contribution >= 4 is 44.8 Å². The van der Waals surface area contributed by atoms with E-state index in [1.807, 2.05) is 19.1 Å². The van der Waals surface area contributed by atoms with Gasteiger partial charge < -0.3 is 5.32 Å². The van der Waals surface area contributed by atoms with Crippen LogP contribution in [0.25, 0.3) is 0 Å². The minimum absolute atomic E-state index is 0.0161. The largest absolute Gasteiger partial charge is 0.324 e. The SMILES string of the molecule is Cc1cc(C)c(S(=O)(=O)N(CC(=O)Nc2ccccc2Cl)Cc2ccc(Cl)cc2)c(C)c1. The molecule has 0 atom stereocenters. The number of hydrogen-bond acceptors (Lipinski definition) is 3. The van der Waals surface area contributed by atoms with Crippen LogP contribution >= 0.6 is 23.2 Å². The van der Waals surface area contributed by atoms with Crippen LogP contribution in [0.3, 0.4) is 0 Å². The lowest BCUT2D eigenvalue weighted by Crippen LogP contribution is -2.38. The van der Waals surface area contributed by atoms with Crippen molar-refractivity contribution in [3.8, 4) is 0 Å². The molecule has 3 aromatic rings. The number of carbonyl (C=O) groups is 1. The van der Waals surface area contributed by atoms with Crippen LogP contribution in [0, 0.1) is 20.8 Å². The van der Waals surface area contributed by atoms with E-state index in [4.69, 9.17) is 23.2 Å². The molecule has 0 heterocycles. The normalized spacial score (nSPS) is 11.6. The van der Waals surface area contributed by atoms with Crippen LogP contribution in [-0.2, 0) is 21.4 Å². The average molecular weight is 491 g/mol. The number of benzene rings is 3. The quantitative estimate of drug-likeness (QED) is 0.458. The van der Waals surface area contributed by atoms with Crippen molar-refractivity contribution < 1.29 is 13.2 Å². The van der Waals surface area contributed by atoms with E-state index in [2.05, 4.69) is 5.32 Å². The number of halogens is 2. The van der Waals surface area contributed by atoms with Gasteiger partial charge in [0.05, 0.1) is 22.2 Å². The first-order valence-corrected chi connectivity index (χ1v) is 12.1. The van der Waals surface area contributed by atoms with Crippen LogP contribution < -0.4 is 5.32 Å². The second-order valence-electron chi connectivity index (χ2n) is 7.66. The zero-order valence-electron chi connectivity index (χ0n) is 18.0. The fourth-order valence-electron chi connectivity index (χ4n) is 3.63. The number of para-hydroxylation sites is 1. The van der Waals surface area contributed by atoms with Crippen molar-refractivity contribution in [3.63, 3.8) is 0 Å². The number of nitrogens with zero attached hydrogens (tertiary/aromatic N) is 1. The summed E-state index contributed by atoms with van der Waals surface area (Å²) in [6, 6.07) is 17.3. The van der Waals surface area contributed by atoms with Crippen molar-refractivity contribution in [2.45, 2.75) is 32.2 Å². The van der Waals surface area contributed by atoms with Gasteiger partial charge in [0, 0.05) is 11.6 Å². The Labute approximate surface area is 199 Å². The first-order valence-electron chi connectivity index (χ1n) is 9.95. The summed E-state index contributed by atoms with van der Waals surface area (Å²) in [7, 11) is -3.98. The molecular formula is C24H24Cl2N2O3S. The number of sulfonamides is 1. The number of hydrogen-bond donors (Lipinski definition) is 1. The molecule has 3 aromatic carbocycles. The van der Waals surface area contributed by atoms with E-state index in [1.54, 1.807) is 62.4 Å². The molecule has 0 fully saturated rings. The van der Waals surface area contributed by atoms with E-state index in [0.717, 1.165) is 5.56 Å². The average Bonchev–Trinajstić information content (AvgIpc) is 2.70. The lowest BCUT2D eigenvalue weighted by atomic mass is 10.1. The van der Waals surface area contributed by atoms with Gasteiger partial charge in [0.2, 0.25) is 15.9 Å². The summed E-state index contributed by atoms with van der Waals surface area (Å²) in [5.74, 6) is -0.488. The van der Waals surface area contributed by atoms with Gasteiger partial charge in [0.1, 0.15) is 0 Å². The van der Waals surface area contributed by atoms with Gasteiger partial charge >= 0.3 is 0 Å². The van der Waals surface area contributed by atoms with Gasteiger partial charge in [-0.3, -0.25) is 4.79 Å². The van der Waals surface area contributed by atoms with Crippen LogP contribution in [-0.4, -0.2) is 25.2 Å². The first-order chi connectivity index (χ1) is 15.1. The summed E-state index contributed by atoms with van der Waals surface area (Å²) in [5.41, 5.74) is 3.38. The standard InChI is InChI=1S/C24H24Cl2N2O3S/c1-16-12-17(2)24(18(3)13-16)32(30,31)28(14-19-8-10-20(25)11-9-19)15-23(29)27-22-7-5-4-6-21(22)26/h4-13H,14-15H2,1-3H3,(H,27,29). The van der Waals surface area contributed by atoms with Crippen molar-refractivity contribution in [2.24, 2.45) is 0 Å². The Morgan fingerprint density at radius 3 is 2.12 bits per heavy atom. The highest BCUT2D eigenvalue weighted by Crippen LogP contribution is 2.27. The van der Waals surface area contributed by atoms with Crippen LogP contribution in [0.5, 0.6) is 0 Å². The van der Waals surface area contributed by atoms with Crippen LogP contribution in [0.1, 0.15) is 22.3 Å². The summed E-state index contributed by atoms with van der Waals surface area (Å²) in [5, 5.41) is 3.62. The topological polar surface area (TPSA) is 66.5 Å². The molecule has 0 aliphatic carbocycles. The Hall–Kier alpha value is -2.38. The Balaban J connectivity index is 1.97. The monoisotopic (exact) mass is 490 g/mol. The number of rotatable bonds is 7. The van der Waals surface area contributed by atoms with Gasteiger partial charge in [-0.1, -0.05) is 65.2 Å². The molecule has 0 bridgehead atoms. The number of amides is 1. The summed E-state index contributed by atoms with van der Waals surface area (Å²) >= 11 is 12.1. The Morgan fingerprint density at radius 1 is 0.938 bits per heavy atom. The molecule has 8 heteroatoms. The van der Waals surface area contributed by atoms with Crippen LogP contribution in [0.2, 0.25) is 10.0 Å². The zero-order valence-corrected chi connectivity index (χ0v) is 20.4. The van der Waals surface area contributed by atoms with Gasteiger partial charge in [-0.05, 0) is 61.7 Å². The van der Waals surface area contributed by atoms with Gasteiger partial charge in [0.25, 0.3) is 0 Å². The highest BCUT2D eigenvalue weighted by atomic mass is 35.5. The fraction of sp³-hybridized carbons (Fsp3) is 0.208. The molecule has 32 heavy (non-hydrogen) atoms. The summed E-state index contributed by atoms with van der Waals surface area (Å²) in [6.07, 6.45) is 0. The number of aryl methyl sites for hydroxylation is 3. The molecule has 0 unspecified atom stereocenters. The molecule has 0 saturated carbocycles. The lowest BCUT2D eigenvalue weighted by molar-refractivity contribution is -0.116. The van der Waals surface area contributed by atoms with Gasteiger partial charge in [0.15, 0.2) is 0 Å². The molecule has 168 valence electrons. The van der Waals surface area contributed by atoms with E-state index in [-0.39, 0.29) is 18.0 Å². The Kier molecular flexibility index (Phi) is 7.62. The smallest absolute Gasteiger partial charge is 0.244 e. The lowest BCUT2D eigenvalue weighted by Gasteiger charge is -2.24. The van der Waals surface area contributed by atoms with Gasteiger partial charge in [-0.25, -0.2) is 8.42 Å². The predicted molar refractivity (Wildman–Crippen MR) is 130 cm³/mol. The van der Waals surface area contributed by atoms with E-state index in [1.165, 1.54) is 4.31 Å². The Bertz CT molecular complexity index is 1220. The van der Waals surface area contributed by atoms with Crippen molar-refractivity contribution in [3.05, 3.63) is 93.0 Å². The second kappa shape index (κ2) is 10.0. The molecule has 1 N–H and O–H groups in total. The molecule has 0 aliphatic heterocycles. The van der Waals surface area contributed by atoms with Crippen LogP contribution in [0.4, 0.5) is 5.69 Å². The molecular weight excluding hydrogens is 467 g/mol. The highest BCUT2D eigenvalue weighted by molar-refractivity contribution is 7.89. The number of anilines is 1. The summed E-state index contributed by atoms with van der Waals surface area (Å²) in [6.45, 7) is 5.08. The highest BCUT2D eigenvalue weighted by Gasteiger charge is 2.30. The van der Waals surface area contributed by atoms with E-state index >= 15 is 0 Å². The maximum atomic E-state index is 13.7. The van der Waals surface area contributed by atoms with Crippen molar-refractivity contribution in [1.29, 1.82) is 0 Å². The molecule has 5 nitrogen and oxygen atoms in total. The van der Waals surface area contributed by atoms with Crippen LogP contribution in [0.15, 0.2) is 65.6 Å². The molecule has 0 aliphatic rings. The molecule has 0 aromatic heterocycles. The third kappa shape index (κ3) is 5.70. The number of nitrogens with one attached hydrogen (secondary N) is 1. The first kappa shape index (κ1) is 24.3. The Morgan fingerprint density at radius 2 is 1.53 bits per heavy atom. The minimum atomic E-state index is -3.98. The minimum Gasteiger partial charge on any atom is -0.324 e. The van der Waals surface area contributed by atoms with Gasteiger partial charge in [-0.2, -0.15) is 4.31 Å². The second-order valence-corrected chi connectivity index (χ2v) is 10.4.